The van der Waals surface area contributed by atoms with E-state index in [1.807, 2.05) is 24.3 Å². The second-order valence-corrected chi connectivity index (χ2v) is 7.94. The van der Waals surface area contributed by atoms with Gasteiger partial charge in [0.2, 0.25) is 0 Å². The molecule has 3 rings (SSSR count). The molecule has 0 radical (unpaired) electrons. The summed E-state index contributed by atoms with van der Waals surface area (Å²) in [6.07, 6.45) is 0. The van der Waals surface area contributed by atoms with Gasteiger partial charge in [0.1, 0.15) is 0 Å². The van der Waals surface area contributed by atoms with E-state index >= 15 is 0 Å². The Balaban J connectivity index is 1.87. The maximum absolute atomic E-state index is 13.2. The highest BCUT2D eigenvalue weighted by Crippen LogP contribution is 2.26. The first-order valence-electron chi connectivity index (χ1n) is 9.91. The lowest BCUT2D eigenvalue weighted by molar-refractivity contribution is -0.384. The lowest BCUT2D eigenvalue weighted by Gasteiger charge is -2.21. The molecule has 0 saturated carbocycles. The van der Waals surface area contributed by atoms with Crippen molar-refractivity contribution in [2.24, 2.45) is 0 Å². The van der Waals surface area contributed by atoms with Gasteiger partial charge in [-0.15, -0.1) is 0 Å². The second kappa shape index (κ2) is 9.62. The standard InChI is InChI=1S/C24H22ClN3O4/c1-15(2)16-7-6-8-17(13-16)27(3)24(30)20-9-4-5-10-22(20)26-23(29)19-12-11-18(28(31)32)14-21(19)25/h4-15H,1-3H3,(H,26,29). The number of carbonyl (C=O) groups is 2. The smallest absolute Gasteiger partial charge is 0.270 e. The Bertz CT molecular complexity index is 1190. The van der Waals surface area contributed by atoms with Crippen LogP contribution in [-0.4, -0.2) is 23.8 Å². The summed E-state index contributed by atoms with van der Waals surface area (Å²) < 4.78 is 0. The maximum Gasteiger partial charge on any atom is 0.270 e. The highest BCUT2D eigenvalue weighted by atomic mass is 35.5. The predicted octanol–water partition coefficient (Wildman–Crippen LogP) is 5.90. The lowest BCUT2D eigenvalue weighted by atomic mass is 10.0. The van der Waals surface area contributed by atoms with Gasteiger partial charge in [0, 0.05) is 24.9 Å². The van der Waals surface area contributed by atoms with Crippen molar-refractivity contribution in [2.45, 2.75) is 19.8 Å². The minimum absolute atomic E-state index is 0.0527. The molecule has 0 aliphatic carbocycles. The van der Waals surface area contributed by atoms with Crippen molar-refractivity contribution in [1.29, 1.82) is 0 Å². The van der Waals surface area contributed by atoms with Crippen LogP contribution in [0.2, 0.25) is 5.02 Å². The molecule has 0 unspecified atom stereocenters. The maximum atomic E-state index is 13.2. The monoisotopic (exact) mass is 451 g/mol. The Hall–Kier alpha value is -3.71. The molecule has 8 heteroatoms. The highest BCUT2D eigenvalue weighted by Gasteiger charge is 2.20. The van der Waals surface area contributed by atoms with Crippen LogP contribution in [0.3, 0.4) is 0 Å². The fourth-order valence-electron chi connectivity index (χ4n) is 3.16. The first-order valence-corrected chi connectivity index (χ1v) is 10.3. The zero-order valence-corrected chi connectivity index (χ0v) is 18.6. The normalized spacial score (nSPS) is 10.7. The zero-order valence-electron chi connectivity index (χ0n) is 17.8. The number of nitro benzene ring substituents is 1. The molecule has 0 aliphatic rings. The first kappa shape index (κ1) is 23.0. The molecule has 2 amide bonds. The molecule has 0 aromatic heterocycles. The summed E-state index contributed by atoms with van der Waals surface area (Å²) in [5, 5.41) is 13.5. The number of nitrogens with zero attached hydrogens (tertiary/aromatic N) is 2. The van der Waals surface area contributed by atoms with E-state index < -0.39 is 10.8 Å². The molecule has 1 N–H and O–H groups in total. The number of benzene rings is 3. The van der Waals surface area contributed by atoms with E-state index in [0.29, 0.717) is 17.2 Å². The topological polar surface area (TPSA) is 92.6 Å². The molecular weight excluding hydrogens is 430 g/mol. The number of non-ortho nitro benzene ring substituents is 1. The molecular formula is C24H22ClN3O4. The van der Waals surface area contributed by atoms with Crippen LogP contribution < -0.4 is 10.2 Å². The van der Waals surface area contributed by atoms with E-state index in [9.17, 15) is 19.7 Å². The predicted molar refractivity (Wildman–Crippen MR) is 126 cm³/mol. The summed E-state index contributed by atoms with van der Waals surface area (Å²) in [7, 11) is 1.67. The molecule has 0 bridgehead atoms. The number of nitro groups is 1. The van der Waals surface area contributed by atoms with Crippen LogP contribution >= 0.6 is 11.6 Å². The van der Waals surface area contributed by atoms with Gasteiger partial charge < -0.3 is 10.2 Å². The molecule has 32 heavy (non-hydrogen) atoms. The van der Waals surface area contributed by atoms with Crippen LogP contribution in [0, 0.1) is 10.1 Å². The number of hydrogen-bond donors (Lipinski definition) is 1. The van der Waals surface area contributed by atoms with Gasteiger partial charge in [-0.25, -0.2) is 0 Å². The number of para-hydroxylation sites is 1. The second-order valence-electron chi connectivity index (χ2n) is 7.53. The van der Waals surface area contributed by atoms with E-state index in [1.165, 1.54) is 17.0 Å². The summed E-state index contributed by atoms with van der Waals surface area (Å²) in [5.41, 5.74) is 2.31. The van der Waals surface area contributed by atoms with E-state index in [1.54, 1.807) is 31.3 Å². The minimum Gasteiger partial charge on any atom is -0.321 e. The van der Waals surface area contributed by atoms with E-state index in [-0.39, 0.29) is 22.2 Å². The Morgan fingerprint density at radius 2 is 1.72 bits per heavy atom. The van der Waals surface area contributed by atoms with Crippen molar-refractivity contribution in [3.05, 3.63) is 98.6 Å². The van der Waals surface area contributed by atoms with Crippen LogP contribution in [-0.2, 0) is 0 Å². The van der Waals surface area contributed by atoms with Gasteiger partial charge in [-0.3, -0.25) is 19.7 Å². The first-order chi connectivity index (χ1) is 15.2. The number of hydrogen-bond acceptors (Lipinski definition) is 4. The summed E-state index contributed by atoms with van der Waals surface area (Å²) >= 11 is 6.07. The summed E-state index contributed by atoms with van der Waals surface area (Å²) in [6, 6.07) is 18.0. The lowest BCUT2D eigenvalue weighted by Crippen LogP contribution is -2.27. The largest absolute Gasteiger partial charge is 0.321 e. The number of carbonyl (C=O) groups excluding carboxylic acids is 2. The van der Waals surface area contributed by atoms with Crippen molar-refractivity contribution in [1.82, 2.24) is 0 Å². The molecule has 0 heterocycles. The molecule has 0 fully saturated rings. The van der Waals surface area contributed by atoms with Crippen LogP contribution in [0.4, 0.5) is 17.1 Å². The van der Waals surface area contributed by atoms with Crippen molar-refractivity contribution >= 4 is 40.5 Å². The number of halogens is 1. The third-order valence-electron chi connectivity index (χ3n) is 5.04. The van der Waals surface area contributed by atoms with Crippen LogP contribution in [0.1, 0.15) is 46.0 Å². The average molecular weight is 452 g/mol. The van der Waals surface area contributed by atoms with Gasteiger partial charge in [0.15, 0.2) is 0 Å². The van der Waals surface area contributed by atoms with Gasteiger partial charge in [-0.2, -0.15) is 0 Å². The van der Waals surface area contributed by atoms with E-state index in [0.717, 1.165) is 17.3 Å². The minimum atomic E-state index is -0.592. The average Bonchev–Trinajstić information content (AvgIpc) is 2.78. The zero-order chi connectivity index (χ0) is 23.4. The molecule has 0 atom stereocenters. The summed E-state index contributed by atoms with van der Waals surface area (Å²) in [5.74, 6) is -0.553. The fraction of sp³-hybridized carbons (Fsp3) is 0.167. The quantitative estimate of drug-likeness (QED) is 0.373. The summed E-state index contributed by atoms with van der Waals surface area (Å²) in [4.78, 5) is 37.8. The number of nitrogens with one attached hydrogen (secondary N) is 1. The van der Waals surface area contributed by atoms with Crippen LogP contribution in [0.5, 0.6) is 0 Å². The van der Waals surface area contributed by atoms with Gasteiger partial charge in [-0.1, -0.05) is 49.7 Å². The van der Waals surface area contributed by atoms with E-state index in [4.69, 9.17) is 11.6 Å². The molecule has 7 nitrogen and oxygen atoms in total. The van der Waals surface area contributed by atoms with Gasteiger partial charge in [-0.05, 0) is 41.8 Å². The number of amides is 2. The SMILES string of the molecule is CC(C)c1cccc(N(C)C(=O)c2ccccc2NC(=O)c2ccc([N+](=O)[O-])cc2Cl)c1. The van der Waals surface area contributed by atoms with Crippen molar-refractivity contribution < 1.29 is 14.5 Å². The van der Waals surface area contributed by atoms with Crippen molar-refractivity contribution in [2.75, 3.05) is 17.3 Å². The van der Waals surface area contributed by atoms with Crippen LogP contribution in [0.25, 0.3) is 0 Å². The molecule has 0 aliphatic heterocycles. The summed E-state index contributed by atoms with van der Waals surface area (Å²) in [6.45, 7) is 4.16. The number of anilines is 2. The Morgan fingerprint density at radius 1 is 1.00 bits per heavy atom. The molecule has 3 aromatic carbocycles. The third kappa shape index (κ3) is 4.95. The molecule has 0 saturated heterocycles. The highest BCUT2D eigenvalue weighted by molar-refractivity contribution is 6.34. The Morgan fingerprint density at radius 3 is 2.38 bits per heavy atom. The van der Waals surface area contributed by atoms with Crippen LogP contribution in [0.15, 0.2) is 66.7 Å². The molecule has 3 aromatic rings. The Labute approximate surface area is 190 Å². The number of rotatable bonds is 6. The molecule has 0 spiro atoms. The fourth-order valence-corrected chi connectivity index (χ4v) is 3.42. The van der Waals surface area contributed by atoms with Crippen molar-refractivity contribution in [3.63, 3.8) is 0 Å². The van der Waals surface area contributed by atoms with Gasteiger partial charge in [0.25, 0.3) is 17.5 Å². The van der Waals surface area contributed by atoms with Gasteiger partial charge >= 0.3 is 0 Å². The Kier molecular flexibility index (Phi) is 6.90. The third-order valence-corrected chi connectivity index (χ3v) is 5.36. The van der Waals surface area contributed by atoms with Gasteiger partial charge in [0.05, 0.1) is 26.8 Å². The van der Waals surface area contributed by atoms with Crippen molar-refractivity contribution in [3.8, 4) is 0 Å². The van der Waals surface area contributed by atoms with E-state index in [2.05, 4.69) is 19.2 Å². The molecule has 164 valence electrons.